The van der Waals surface area contributed by atoms with E-state index < -0.39 is 5.60 Å². The van der Waals surface area contributed by atoms with Gasteiger partial charge in [-0.05, 0) is 20.8 Å². The standard InChI is InChI=1S/C16H30N6O3/c1-16(2,3)25-15(24)18-5-6-21-7-9-22(10-8-21)14-19-12(17)11-13(23)20(14)4/h11,14,19H,5-10,17H2,1-4H3,(H,18,24). The predicted molar refractivity (Wildman–Crippen MR) is 94.2 cm³/mol. The molecule has 0 bridgehead atoms. The minimum absolute atomic E-state index is 0.0924. The molecule has 9 heteroatoms. The molecule has 2 aliphatic rings. The zero-order chi connectivity index (χ0) is 18.6. The highest BCUT2D eigenvalue weighted by Crippen LogP contribution is 2.12. The van der Waals surface area contributed by atoms with Crippen molar-refractivity contribution in [2.45, 2.75) is 32.7 Å². The van der Waals surface area contributed by atoms with Gasteiger partial charge in [-0.25, -0.2) is 4.79 Å². The zero-order valence-corrected chi connectivity index (χ0v) is 15.5. The lowest BCUT2D eigenvalue weighted by atomic mass is 10.2. The van der Waals surface area contributed by atoms with Crippen LogP contribution in [0.1, 0.15) is 20.8 Å². The number of hydrogen-bond acceptors (Lipinski definition) is 7. The molecule has 0 radical (unpaired) electrons. The number of nitrogens with two attached hydrogens (primary N) is 1. The van der Waals surface area contributed by atoms with Crippen LogP contribution in [0.3, 0.4) is 0 Å². The van der Waals surface area contributed by atoms with Crippen molar-refractivity contribution in [2.75, 3.05) is 46.3 Å². The molecule has 4 N–H and O–H groups in total. The third-order valence-electron chi connectivity index (χ3n) is 4.14. The number of ether oxygens (including phenoxy) is 1. The smallest absolute Gasteiger partial charge is 0.407 e. The van der Waals surface area contributed by atoms with Crippen LogP contribution in [0.5, 0.6) is 0 Å². The van der Waals surface area contributed by atoms with Crippen LogP contribution >= 0.6 is 0 Å². The molecule has 142 valence electrons. The third kappa shape index (κ3) is 5.79. The monoisotopic (exact) mass is 354 g/mol. The molecular weight excluding hydrogens is 324 g/mol. The number of carbonyl (C=O) groups is 2. The van der Waals surface area contributed by atoms with E-state index in [2.05, 4.69) is 20.4 Å². The van der Waals surface area contributed by atoms with E-state index in [1.807, 2.05) is 20.8 Å². The number of piperazine rings is 1. The highest BCUT2D eigenvalue weighted by atomic mass is 16.6. The summed E-state index contributed by atoms with van der Waals surface area (Å²) in [6.45, 7) is 10.2. The van der Waals surface area contributed by atoms with Gasteiger partial charge in [-0.2, -0.15) is 0 Å². The first-order valence-electron chi connectivity index (χ1n) is 8.59. The Balaban J connectivity index is 1.71. The van der Waals surface area contributed by atoms with Gasteiger partial charge in [0, 0.05) is 52.4 Å². The largest absolute Gasteiger partial charge is 0.444 e. The van der Waals surface area contributed by atoms with E-state index in [0.717, 1.165) is 32.7 Å². The van der Waals surface area contributed by atoms with Crippen LogP contribution in [0.2, 0.25) is 0 Å². The fourth-order valence-electron chi connectivity index (χ4n) is 2.84. The SMILES string of the molecule is CN1C(=O)C=C(N)NC1N1CCN(CCNC(=O)OC(C)(C)C)CC1. The Kier molecular flexibility index (Phi) is 6.12. The second-order valence-corrected chi connectivity index (χ2v) is 7.37. The van der Waals surface area contributed by atoms with Gasteiger partial charge in [-0.15, -0.1) is 0 Å². The first-order chi connectivity index (χ1) is 11.7. The minimum atomic E-state index is -0.484. The number of alkyl carbamates (subject to hydrolysis) is 1. The van der Waals surface area contributed by atoms with E-state index in [1.54, 1.807) is 11.9 Å². The molecule has 25 heavy (non-hydrogen) atoms. The molecule has 2 rings (SSSR count). The summed E-state index contributed by atoms with van der Waals surface area (Å²) < 4.78 is 5.22. The van der Waals surface area contributed by atoms with Crippen molar-refractivity contribution in [3.63, 3.8) is 0 Å². The van der Waals surface area contributed by atoms with Crippen LogP contribution in [-0.2, 0) is 9.53 Å². The maximum Gasteiger partial charge on any atom is 0.407 e. The van der Waals surface area contributed by atoms with Gasteiger partial charge in [0.15, 0.2) is 6.29 Å². The molecule has 0 aromatic rings. The number of nitrogens with one attached hydrogen (secondary N) is 2. The molecule has 2 amide bonds. The topological polar surface area (TPSA) is 103 Å². The molecule has 0 aliphatic carbocycles. The molecule has 9 nitrogen and oxygen atoms in total. The zero-order valence-electron chi connectivity index (χ0n) is 15.5. The first-order valence-corrected chi connectivity index (χ1v) is 8.59. The Hall–Kier alpha value is -2.00. The predicted octanol–water partition coefficient (Wildman–Crippen LogP) is -0.726. The van der Waals surface area contributed by atoms with E-state index in [1.165, 1.54) is 6.08 Å². The normalized spacial score (nSPS) is 23.0. The Morgan fingerprint density at radius 1 is 1.36 bits per heavy atom. The van der Waals surface area contributed by atoms with Gasteiger partial charge in [0.1, 0.15) is 11.4 Å². The lowest BCUT2D eigenvalue weighted by Crippen LogP contribution is -2.63. The van der Waals surface area contributed by atoms with Crippen molar-refractivity contribution in [1.29, 1.82) is 0 Å². The summed E-state index contributed by atoms with van der Waals surface area (Å²) in [6, 6.07) is 0. The van der Waals surface area contributed by atoms with Crippen molar-refractivity contribution >= 4 is 12.0 Å². The van der Waals surface area contributed by atoms with Gasteiger partial charge in [0.25, 0.3) is 5.91 Å². The molecule has 1 fully saturated rings. The summed E-state index contributed by atoms with van der Waals surface area (Å²) in [5.74, 6) is 0.308. The molecule has 0 spiro atoms. The van der Waals surface area contributed by atoms with Crippen LogP contribution in [-0.4, -0.2) is 84.9 Å². The van der Waals surface area contributed by atoms with Crippen LogP contribution in [0.4, 0.5) is 4.79 Å². The van der Waals surface area contributed by atoms with Gasteiger partial charge in [0.2, 0.25) is 0 Å². The molecule has 0 saturated carbocycles. The third-order valence-corrected chi connectivity index (χ3v) is 4.14. The number of carbonyl (C=O) groups excluding carboxylic acids is 2. The first kappa shape index (κ1) is 19.3. The van der Waals surface area contributed by atoms with Crippen LogP contribution in [0.25, 0.3) is 0 Å². The summed E-state index contributed by atoms with van der Waals surface area (Å²) in [4.78, 5) is 29.6. The van der Waals surface area contributed by atoms with Gasteiger partial charge in [0.05, 0.1) is 0 Å². The lowest BCUT2D eigenvalue weighted by molar-refractivity contribution is -0.133. The number of likely N-dealkylation sites (N-methyl/N-ethyl adjacent to an activating group) is 1. The molecule has 1 unspecified atom stereocenters. The average Bonchev–Trinajstić information content (AvgIpc) is 2.50. The second-order valence-electron chi connectivity index (χ2n) is 7.37. The lowest BCUT2D eigenvalue weighted by Gasteiger charge is -2.44. The Morgan fingerprint density at radius 2 is 2.00 bits per heavy atom. The molecule has 0 aromatic heterocycles. The fraction of sp³-hybridized carbons (Fsp3) is 0.750. The molecule has 1 atom stereocenters. The average molecular weight is 354 g/mol. The highest BCUT2D eigenvalue weighted by molar-refractivity contribution is 5.88. The molecular formula is C16H30N6O3. The quantitative estimate of drug-likeness (QED) is 0.612. The van der Waals surface area contributed by atoms with Crippen molar-refractivity contribution in [3.8, 4) is 0 Å². The summed E-state index contributed by atoms with van der Waals surface area (Å²) in [6.07, 6.45) is 0.800. The van der Waals surface area contributed by atoms with Gasteiger partial charge < -0.3 is 26.0 Å². The van der Waals surface area contributed by atoms with Crippen LogP contribution < -0.4 is 16.4 Å². The fourth-order valence-corrected chi connectivity index (χ4v) is 2.84. The van der Waals surface area contributed by atoms with Gasteiger partial charge in [-0.1, -0.05) is 0 Å². The van der Waals surface area contributed by atoms with E-state index in [-0.39, 0.29) is 18.3 Å². The number of hydrogen-bond donors (Lipinski definition) is 3. The summed E-state index contributed by atoms with van der Waals surface area (Å²) in [7, 11) is 1.76. The number of amides is 2. The van der Waals surface area contributed by atoms with Crippen LogP contribution in [0, 0.1) is 0 Å². The van der Waals surface area contributed by atoms with E-state index in [0.29, 0.717) is 12.4 Å². The molecule has 0 aromatic carbocycles. The molecule has 2 aliphatic heterocycles. The van der Waals surface area contributed by atoms with Crippen LogP contribution in [0.15, 0.2) is 11.9 Å². The van der Waals surface area contributed by atoms with Gasteiger partial charge >= 0.3 is 6.09 Å². The van der Waals surface area contributed by atoms with Crippen molar-refractivity contribution in [2.24, 2.45) is 5.73 Å². The van der Waals surface area contributed by atoms with E-state index in [4.69, 9.17) is 10.5 Å². The minimum Gasteiger partial charge on any atom is -0.444 e. The summed E-state index contributed by atoms with van der Waals surface area (Å²) in [5.41, 5.74) is 5.28. The highest BCUT2D eigenvalue weighted by Gasteiger charge is 2.31. The van der Waals surface area contributed by atoms with E-state index in [9.17, 15) is 9.59 Å². The Labute approximate surface area is 149 Å². The maximum absolute atomic E-state index is 11.9. The van der Waals surface area contributed by atoms with Gasteiger partial charge in [-0.3, -0.25) is 14.6 Å². The number of nitrogens with zero attached hydrogens (tertiary/aromatic N) is 3. The molecule has 1 saturated heterocycles. The van der Waals surface area contributed by atoms with Crippen molar-refractivity contribution in [1.82, 2.24) is 25.3 Å². The Morgan fingerprint density at radius 3 is 2.60 bits per heavy atom. The summed E-state index contributed by atoms with van der Waals surface area (Å²) >= 11 is 0. The van der Waals surface area contributed by atoms with Crippen molar-refractivity contribution in [3.05, 3.63) is 11.9 Å². The molecule has 2 heterocycles. The second kappa shape index (κ2) is 7.92. The maximum atomic E-state index is 11.9. The van der Waals surface area contributed by atoms with Crippen molar-refractivity contribution < 1.29 is 14.3 Å². The summed E-state index contributed by atoms with van der Waals surface area (Å²) in [5, 5.41) is 5.91. The van der Waals surface area contributed by atoms with E-state index >= 15 is 0 Å². The Bertz CT molecular complexity index is 522. The number of rotatable bonds is 4.